The van der Waals surface area contributed by atoms with Crippen LogP contribution in [0.25, 0.3) is 0 Å². The molecule has 2 amide bonds. The SMILES string of the molecule is CCC(CC)(CN)C(=O)NC1CCN(c2ccccc2Cl)C1=O. The summed E-state index contributed by atoms with van der Waals surface area (Å²) in [6.45, 7) is 4.72. The Balaban J connectivity index is 2.11. The second kappa shape index (κ2) is 7.32. The minimum atomic E-state index is -0.599. The molecule has 0 bridgehead atoms. The zero-order chi connectivity index (χ0) is 17.0. The number of hydrogen-bond donors (Lipinski definition) is 2. The lowest BCUT2D eigenvalue weighted by molar-refractivity contribution is -0.134. The van der Waals surface area contributed by atoms with Gasteiger partial charge < -0.3 is 16.0 Å². The number of anilines is 1. The first kappa shape index (κ1) is 17.8. The van der Waals surface area contributed by atoms with E-state index < -0.39 is 11.5 Å². The van der Waals surface area contributed by atoms with Crippen molar-refractivity contribution in [2.45, 2.75) is 39.2 Å². The Morgan fingerprint density at radius 1 is 1.39 bits per heavy atom. The molecule has 1 atom stereocenters. The first-order chi connectivity index (χ1) is 11.0. The third-order valence-corrected chi connectivity index (χ3v) is 5.20. The van der Waals surface area contributed by atoms with Gasteiger partial charge in [-0.25, -0.2) is 0 Å². The minimum Gasteiger partial charge on any atom is -0.344 e. The van der Waals surface area contributed by atoms with E-state index in [0.717, 1.165) is 0 Å². The molecule has 2 rings (SSSR count). The quantitative estimate of drug-likeness (QED) is 0.836. The fourth-order valence-electron chi connectivity index (χ4n) is 2.99. The number of para-hydroxylation sites is 1. The van der Waals surface area contributed by atoms with Gasteiger partial charge in [-0.1, -0.05) is 37.6 Å². The van der Waals surface area contributed by atoms with Crippen LogP contribution in [0.3, 0.4) is 0 Å². The molecule has 3 N–H and O–H groups in total. The van der Waals surface area contributed by atoms with Crippen LogP contribution in [0.5, 0.6) is 0 Å². The summed E-state index contributed by atoms with van der Waals surface area (Å²) in [5.41, 5.74) is 5.89. The third kappa shape index (κ3) is 3.35. The van der Waals surface area contributed by atoms with Crippen LogP contribution in [0.1, 0.15) is 33.1 Å². The van der Waals surface area contributed by atoms with Crippen LogP contribution >= 0.6 is 11.6 Å². The zero-order valence-electron chi connectivity index (χ0n) is 13.6. The van der Waals surface area contributed by atoms with Gasteiger partial charge >= 0.3 is 0 Å². The zero-order valence-corrected chi connectivity index (χ0v) is 14.4. The van der Waals surface area contributed by atoms with Gasteiger partial charge in [0.2, 0.25) is 11.8 Å². The van der Waals surface area contributed by atoms with Gasteiger partial charge in [-0.05, 0) is 31.4 Å². The Morgan fingerprint density at radius 2 is 2.04 bits per heavy atom. The molecule has 5 nitrogen and oxygen atoms in total. The van der Waals surface area contributed by atoms with E-state index in [1.165, 1.54) is 0 Å². The predicted molar refractivity (Wildman–Crippen MR) is 92.4 cm³/mol. The molecule has 1 aromatic rings. The number of hydrogen-bond acceptors (Lipinski definition) is 3. The number of carbonyl (C=O) groups excluding carboxylic acids is 2. The van der Waals surface area contributed by atoms with Gasteiger partial charge in [0.15, 0.2) is 0 Å². The van der Waals surface area contributed by atoms with Gasteiger partial charge in [0.1, 0.15) is 6.04 Å². The van der Waals surface area contributed by atoms with E-state index in [1.54, 1.807) is 11.0 Å². The van der Waals surface area contributed by atoms with Crippen LogP contribution < -0.4 is 16.0 Å². The monoisotopic (exact) mass is 337 g/mol. The topological polar surface area (TPSA) is 75.4 Å². The van der Waals surface area contributed by atoms with Crippen LogP contribution in [0.15, 0.2) is 24.3 Å². The van der Waals surface area contributed by atoms with Crippen molar-refractivity contribution < 1.29 is 9.59 Å². The lowest BCUT2D eigenvalue weighted by atomic mass is 9.81. The van der Waals surface area contributed by atoms with Crippen molar-refractivity contribution in [3.05, 3.63) is 29.3 Å². The molecule has 1 saturated heterocycles. The van der Waals surface area contributed by atoms with Crippen molar-refractivity contribution in [3.63, 3.8) is 0 Å². The van der Waals surface area contributed by atoms with E-state index >= 15 is 0 Å². The van der Waals surface area contributed by atoms with E-state index in [0.29, 0.717) is 36.5 Å². The number of carbonyl (C=O) groups is 2. The first-order valence-electron chi connectivity index (χ1n) is 8.06. The molecule has 0 radical (unpaired) electrons. The maximum atomic E-state index is 12.6. The Kier molecular flexibility index (Phi) is 5.65. The molecule has 126 valence electrons. The van der Waals surface area contributed by atoms with Crippen LogP contribution in [-0.2, 0) is 9.59 Å². The molecule has 0 spiro atoms. The van der Waals surface area contributed by atoms with Crippen LogP contribution in [0.2, 0.25) is 5.02 Å². The highest BCUT2D eigenvalue weighted by Gasteiger charge is 2.39. The molecular formula is C17H24ClN3O2. The van der Waals surface area contributed by atoms with Crippen molar-refractivity contribution in [3.8, 4) is 0 Å². The molecule has 0 saturated carbocycles. The normalized spacial score (nSPS) is 18.3. The number of benzene rings is 1. The molecule has 1 aliphatic rings. The molecule has 1 fully saturated rings. The summed E-state index contributed by atoms with van der Waals surface area (Å²) < 4.78 is 0. The standard InChI is InChI=1S/C17H24ClN3O2/c1-3-17(4-2,11-19)16(23)20-13-9-10-21(15(13)22)14-8-6-5-7-12(14)18/h5-8,13H,3-4,9-11,19H2,1-2H3,(H,20,23). The first-order valence-corrected chi connectivity index (χ1v) is 8.43. The van der Waals surface area contributed by atoms with Crippen LogP contribution in [0, 0.1) is 5.41 Å². The molecule has 6 heteroatoms. The molecule has 0 aromatic heterocycles. The Bertz CT molecular complexity index is 579. The Morgan fingerprint density at radius 3 is 2.61 bits per heavy atom. The molecule has 0 aliphatic carbocycles. The number of nitrogens with one attached hydrogen (secondary N) is 1. The number of nitrogens with zero attached hydrogens (tertiary/aromatic N) is 1. The van der Waals surface area contributed by atoms with Gasteiger partial charge in [-0.3, -0.25) is 9.59 Å². The number of amides is 2. The average molecular weight is 338 g/mol. The molecule has 1 aromatic carbocycles. The lowest BCUT2D eigenvalue weighted by Crippen LogP contribution is -2.51. The third-order valence-electron chi connectivity index (χ3n) is 4.88. The van der Waals surface area contributed by atoms with Gasteiger partial charge in [0.05, 0.1) is 16.1 Å². The summed E-state index contributed by atoms with van der Waals surface area (Å²) >= 11 is 6.17. The average Bonchev–Trinajstić information content (AvgIpc) is 2.91. The smallest absolute Gasteiger partial charge is 0.249 e. The predicted octanol–water partition coefficient (Wildman–Crippen LogP) is 2.33. The summed E-state index contributed by atoms with van der Waals surface area (Å²) in [6.07, 6.45) is 1.88. The minimum absolute atomic E-state index is 0.121. The summed E-state index contributed by atoms with van der Waals surface area (Å²) in [4.78, 5) is 26.8. The van der Waals surface area contributed by atoms with Crippen LogP contribution in [-0.4, -0.2) is 30.9 Å². The number of halogens is 1. The molecule has 1 unspecified atom stereocenters. The van der Waals surface area contributed by atoms with E-state index in [1.807, 2.05) is 32.0 Å². The van der Waals surface area contributed by atoms with Gasteiger partial charge in [0, 0.05) is 13.1 Å². The highest BCUT2D eigenvalue weighted by Crippen LogP contribution is 2.30. The fourth-order valence-corrected chi connectivity index (χ4v) is 3.23. The Labute approximate surface area is 142 Å². The van der Waals surface area contributed by atoms with Crippen LogP contribution in [0.4, 0.5) is 5.69 Å². The van der Waals surface area contributed by atoms with E-state index in [9.17, 15) is 9.59 Å². The second-order valence-electron chi connectivity index (χ2n) is 5.95. The lowest BCUT2D eigenvalue weighted by Gasteiger charge is -2.29. The fraction of sp³-hybridized carbons (Fsp3) is 0.529. The second-order valence-corrected chi connectivity index (χ2v) is 6.35. The Hall–Kier alpha value is -1.59. The van der Waals surface area contributed by atoms with Crippen molar-refractivity contribution in [2.24, 2.45) is 11.1 Å². The van der Waals surface area contributed by atoms with E-state index in [4.69, 9.17) is 17.3 Å². The maximum Gasteiger partial charge on any atom is 0.249 e. The van der Waals surface area contributed by atoms with Crippen molar-refractivity contribution >= 4 is 29.1 Å². The number of nitrogens with two attached hydrogens (primary N) is 1. The number of rotatable bonds is 6. The van der Waals surface area contributed by atoms with Crippen molar-refractivity contribution in [2.75, 3.05) is 18.0 Å². The molecular weight excluding hydrogens is 314 g/mol. The summed E-state index contributed by atoms with van der Waals surface area (Å²) in [5, 5.41) is 3.42. The highest BCUT2D eigenvalue weighted by atomic mass is 35.5. The molecule has 1 aliphatic heterocycles. The van der Waals surface area contributed by atoms with Crippen molar-refractivity contribution in [1.29, 1.82) is 0 Å². The van der Waals surface area contributed by atoms with E-state index in [2.05, 4.69) is 5.32 Å². The van der Waals surface area contributed by atoms with Gasteiger partial charge in [0.25, 0.3) is 0 Å². The largest absolute Gasteiger partial charge is 0.344 e. The van der Waals surface area contributed by atoms with Gasteiger partial charge in [-0.15, -0.1) is 0 Å². The van der Waals surface area contributed by atoms with Crippen molar-refractivity contribution in [1.82, 2.24) is 5.32 Å². The summed E-state index contributed by atoms with van der Waals surface area (Å²) in [7, 11) is 0. The maximum absolute atomic E-state index is 12.6. The summed E-state index contributed by atoms with van der Waals surface area (Å²) in [6, 6.07) is 6.72. The van der Waals surface area contributed by atoms with E-state index in [-0.39, 0.29) is 18.4 Å². The highest BCUT2D eigenvalue weighted by molar-refractivity contribution is 6.34. The molecule has 1 heterocycles. The van der Waals surface area contributed by atoms with Gasteiger partial charge in [-0.2, -0.15) is 0 Å². The summed E-state index contributed by atoms with van der Waals surface area (Å²) in [5.74, 6) is -0.256. The molecule has 23 heavy (non-hydrogen) atoms.